The first-order valence-electron chi connectivity index (χ1n) is 5.62. The number of halogens is 1. The smallest absolute Gasteiger partial charge is 0.226 e. The van der Waals surface area contributed by atoms with Gasteiger partial charge in [-0.25, -0.2) is 4.98 Å². The number of amides is 1. The summed E-state index contributed by atoms with van der Waals surface area (Å²) in [5.41, 5.74) is 1.95. The minimum atomic E-state index is -0.0191. The molecule has 94 valence electrons. The molecule has 1 heterocycles. The van der Waals surface area contributed by atoms with Gasteiger partial charge in [-0.3, -0.25) is 4.79 Å². The lowest BCUT2D eigenvalue weighted by molar-refractivity contribution is -0.116. The van der Waals surface area contributed by atoms with Gasteiger partial charge in [-0.15, -0.1) is 22.9 Å². The van der Waals surface area contributed by atoms with Crippen LogP contribution in [-0.2, 0) is 17.1 Å². The van der Waals surface area contributed by atoms with Crippen LogP contribution in [0.15, 0.2) is 35.7 Å². The first-order chi connectivity index (χ1) is 8.78. The normalized spacial score (nSPS) is 10.3. The van der Waals surface area contributed by atoms with Crippen molar-refractivity contribution >= 4 is 34.0 Å². The number of nitrogens with one attached hydrogen (secondary N) is 1. The number of benzene rings is 1. The Balaban J connectivity index is 1.82. The molecule has 0 atom stereocenters. The van der Waals surface area contributed by atoms with Gasteiger partial charge in [-0.1, -0.05) is 30.3 Å². The van der Waals surface area contributed by atoms with Crippen molar-refractivity contribution in [2.75, 3.05) is 5.32 Å². The maximum absolute atomic E-state index is 11.7. The van der Waals surface area contributed by atoms with Crippen LogP contribution in [0.2, 0.25) is 0 Å². The van der Waals surface area contributed by atoms with Crippen molar-refractivity contribution in [2.24, 2.45) is 0 Å². The maximum atomic E-state index is 11.7. The number of carbonyl (C=O) groups excluding carboxylic acids is 1. The molecule has 0 saturated heterocycles. The summed E-state index contributed by atoms with van der Waals surface area (Å²) in [4.78, 5) is 15.9. The Morgan fingerprint density at radius 3 is 2.78 bits per heavy atom. The van der Waals surface area contributed by atoms with Gasteiger partial charge in [-0.2, -0.15) is 0 Å². The Morgan fingerprint density at radius 1 is 1.33 bits per heavy atom. The molecule has 0 fully saturated rings. The first-order valence-corrected chi connectivity index (χ1v) is 7.03. The second-order valence-electron chi connectivity index (χ2n) is 3.81. The van der Waals surface area contributed by atoms with Crippen molar-refractivity contribution in [2.45, 2.75) is 18.7 Å². The third kappa shape index (κ3) is 3.82. The highest BCUT2D eigenvalue weighted by atomic mass is 35.5. The molecule has 1 aromatic carbocycles. The van der Waals surface area contributed by atoms with Crippen LogP contribution in [0.25, 0.3) is 0 Å². The fourth-order valence-electron chi connectivity index (χ4n) is 1.51. The van der Waals surface area contributed by atoms with E-state index in [2.05, 4.69) is 10.3 Å². The van der Waals surface area contributed by atoms with Gasteiger partial charge in [0.1, 0.15) is 0 Å². The van der Waals surface area contributed by atoms with Crippen LogP contribution in [0, 0.1) is 0 Å². The van der Waals surface area contributed by atoms with Gasteiger partial charge < -0.3 is 5.32 Å². The van der Waals surface area contributed by atoms with Crippen LogP contribution >= 0.6 is 22.9 Å². The zero-order valence-electron chi connectivity index (χ0n) is 9.73. The molecule has 1 amide bonds. The van der Waals surface area contributed by atoms with E-state index >= 15 is 0 Å². The molecule has 0 radical (unpaired) electrons. The predicted octanol–water partition coefficient (Wildman–Crippen LogP) is 3.45. The summed E-state index contributed by atoms with van der Waals surface area (Å²) in [6.45, 7) is 0. The summed E-state index contributed by atoms with van der Waals surface area (Å²) in [6, 6.07) is 9.94. The third-order valence-corrected chi connectivity index (χ3v) is 3.50. The van der Waals surface area contributed by atoms with Crippen molar-refractivity contribution < 1.29 is 4.79 Å². The summed E-state index contributed by atoms with van der Waals surface area (Å²) in [5, 5.41) is 5.24. The number of hydrogen-bond donors (Lipinski definition) is 1. The fraction of sp³-hybridized carbons (Fsp3) is 0.231. The fourth-order valence-corrected chi connectivity index (χ4v) is 2.46. The van der Waals surface area contributed by atoms with E-state index in [9.17, 15) is 4.79 Å². The van der Waals surface area contributed by atoms with Gasteiger partial charge >= 0.3 is 0 Å². The van der Waals surface area contributed by atoms with Crippen molar-refractivity contribution in [3.63, 3.8) is 0 Å². The van der Waals surface area contributed by atoms with Gasteiger partial charge in [0.05, 0.1) is 11.6 Å². The molecule has 2 aromatic rings. The van der Waals surface area contributed by atoms with E-state index in [0.717, 1.165) is 17.7 Å². The number of hydrogen-bond acceptors (Lipinski definition) is 3. The highest BCUT2D eigenvalue weighted by Gasteiger charge is 2.06. The monoisotopic (exact) mass is 280 g/mol. The molecular formula is C13H13ClN2OS. The van der Waals surface area contributed by atoms with E-state index in [1.165, 1.54) is 11.3 Å². The van der Waals surface area contributed by atoms with E-state index < -0.39 is 0 Å². The number of alkyl halides is 1. The van der Waals surface area contributed by atoms with Crippen molar-refractivity contribution in [1.29, 1.82) is 0 Å². The summed E-state index contributed by atoms with van der Waals surface area (Å²) < 4.78 is 0. The second kappa shape index (κ2) is 6.52. The molecule has 1 aromatic heterocycles. The first kappa shape index (κ1) is 13.1. The van der Waals surface area contributed by atoms with Crippen LogP contribution in [0.3, 0.4) is 0 Å². The molecule has 0 spiro atoms. The van der Waals surface area contributed by atoms with Gasteiger partial charge in [-0.05, 0) is 12.0 Å². The molecule has 0 unspecified atom stereocenters. The largest absolute Gasteiger partial charge is 0.302 e. The lowest BCUT2D eigenvalue weighted by atomic mass is 10.1. The number of aryl methyl sites for hydroxylation is 1. The van der Waals surface area contributed by atoms with E-state index in [4.69, 9.17) is 11.6 Å². The Kier molecular flexibility index (Phi) is 4.73. The maximum Gasteiger partial charge on any atom is 0.226 e. The number of thiazole rings is 1. The zero-order valence-corrected chi connectivity index (χ0v) is 11.3. The number of nitrogens with zero attached hydrogens (tertiary/aromatic N) is 1. The minimum absolute atomic E-state index is 0.0191. The summed E-state index contributed by atoms with van der Waals surface area (Å²) in [6.07, 6.45) is 1.19. The number of carbonyl (C=O) groups is 1. The average molecular weight is 281 g/mol. The Morgan fingerprint density at radius 2 is 2.11 bits per heavy atom. The number of anilines is 1. The lowest BCUT2D eigenvalue weighted by Gasteiger charge is -2.01. The van der Waals surface area contributed by atoms with Crippen LogP contribution < -0.4 is 5.32 Å². The van der Waals surface area contributed by atoms with Crippen molar-refractivity contribution in [1.82, 2.24) is 4.98 Å². The highest BCUT2D eigenvalue weighted by Crippen LogP contribution is 2.17. The van der Waals surface area contributed by atoms with Crippen LogP contribution in [0.4, 0.5) is 5.13 Å². The Hall–Kier alpha value is -1.39. The average Bonchev–Trinajstić information content (AvgIpc) is 2.85. The molecule has 2 rings (SSSR count). The molecule has 18 heavy (non-hydrogen) atoms. The van der Waals surface area contributed by atoms with Crippen LogP contribution in [0.1, 0.15) is 17.7 Å². The molecular weight excluding hydrogens is 268 g/mol. The van der Waals surface area contributed by atoms with E-state index in [1.807, 2.05) is 35.7 Å². The Labute approximate surface area is 115 Å². The molecule has 0 aliphatic heterocycles. The van der Waals surface area contributed by atoms with Gasteiger partial charge in [0.25, 0.3) is 0 Å². The van der Waals surface area contributed by atoms with Crippen molar-refractivity contribution in [3.05, 3.63) is 47.0 Å². The SMILES string of the molecule is O=C(CCc1ccccc1)Nc1nc(CCl)cs1. The van der Waals surface area contributed by atoms with E-state index in [-0.39, 0.29) is 5.91 Å². The second-order valence-corrected chi connectivity index (χ2v) is 4.94. The number of aromatic nitrogens is 1. The molecule has 5 heteroatoms. The quantitative estimate of drug-likeness (QED) is 0.853. The third-order valence-electron chi connectivity index (χ3n) is 2.42. The molecule has 0 saturated carbocycles. The number of rotatable bonds is 5. The predicted molar refractivity (Wildman–Crippen MR) is 75.1 cm³/mol. The van der Waals surface area contributed by atoms with Crippen LogP contribution in [0.5, 0.6) is 0 Å². The van der Waals surface area contributed by atoms with Gasteiger partial charge in [0.15, 0.2) is 5.13 Å². The minimum Gasteiger partial charge on any atom is -0.302 e. The summed E-state index contributed by atoms with van der Waals surface area (Å²) >= 11 is 7.05. The van der Waals surface area contributed by atoms with Crippen LogP contribution in [-0.4, -0.2) is 10.9 Å². The van der Waals surface area contributed by atoms with Gasteiger partial charge in [0, 0.05) is 11.8 Å². The topological polar surface area (TPSA) is 42.0 Å². The molecule has 3 nitrogen and oxygen atoms in total. The Bertz CT molecular complexity index is 513. The van der Waals surface area contributed by atoms with Crippen molar-refractivity contribution in [3.8, 4) is 0 Å². The van der Waals surface area contributed by atoms with E-state index in [0.29, 0.717) is 17.4 Å². The van der Waals surface area contributed by atoms with E-state index in [1.54, 1.807) is 0 Å². The molecule has 0 bridgehead atoms. The molecule has 0 aliphatic carbocycles. The summed E-state index contributed by atoms with van der Waals surface area (Å²) in [7, 11) is 0. The van der Waals surface area contributed by atoms with Gasteiger partial charge in [0.2, 0.25) is 5.91 Å². The highest BCUT2D eigenvalue weighted by molar-refractivity contribution is 7.13. The lowest BCUT2D eigenvalue weighted by Crippen LogP contribution is -2.12. The zero-order chi connectivity index (χ0) is 12.8. The molecule has 1 N–H and O–H groups in total. The summed E-state index contributed by atoms with van der Waals surface area (Å²) in [5.74, 6) is 0.352. The molecule has 0 aliphatic rings. The standard InChI is InChI=1S/C13H13ClN2OS/c14-8-11-9-18-13(15-11)16-12(17)7-6-10-4-2-1-3-5-10/h1-5,9H,6-8H2,(H,15,16,17).